The monoisotopic (exact) mass is 308 g/mol. The molecule has 0 aliphatic heterocycles. The largest absolute Gasteiger partial charge is 0.352 e. The van der Waals surface area contributed by atoms with Crippen LogP contribution >= 0.6 is 0 Å². The van der Waals surface area contributed by atoms with Crippen LogP contribution in [0.15, 0.2) is 24.3 Å². The maximum absolute atomic E-state index is 13.8. The van der Waals surface area contributed by atoms with Gasteiger partial charge in [0.2, 0.25) is 11.8 Å². The highest BCUT2D eigenvalue weighted by molar-refractivity contribution is 5.87. The third-order valence-electron chi connectivity index (χ3n) is 3.36. The fraction of sp³-hybridized carbons (Fsp3) is 0.529. The zero-order valence-electron chi connectivity index (χ0n) is 13.7. The van der Waals surface area contributed by atoms with Gasteiger partial charge in [-0.25, -0.2) is 4.39 Å². The summed E-state index contributed by atoms with van der Waals surface area (Å²) in [6.45, 7) is 7.39. The molecule has 1 aromatic carbocycles. The minimum Gasteiger partial charge on any atom is -0.352 e. The molecule has 5 heteroatoms. The number of benzene rings is 1. The standard InChI is InChI=1S/C17H25FN2O2/c1-5-8-16(21)20(13(4)17(22)19-12(2)3)11-14-9-6-7-10-15(14)18/h6-7,9-10,12-13H,5,8,11H2,1-4H3,(H,19,22). The second kappa shape index (κ2) is 8.51. The van der Waals surface area contributed by atoms with Crippen molar-refractivity contribution >= 4 is 11.8 Å². The molecule has 22 heavy (non-hydrogen) atoms. The van der Waals surface area contributed by atoms with Crippen LogP contribution in [0.5, 0.6) is 0 Å². The van der Waals surface area contributed by atoms with Crippen molar-refractivity contribution in [3.05, 3.63) is 35.6 Å². The van der Waals surface area contributed by atoms with E-state index in [1.165, 1.54) is 11.0 Å². The lowest BCUT2D eigenvalue weighted by Gasteiger charge is -2.29. The van der Waals surface area contributed by atoms with Crippen molar-refractivity contribution in [2.45, 2.75) is 59.2 Å². The third kappa shape index (κ3) is 5.13. The topological polar surface area (TPSA) is 49.4 Å². The van der Waals surface area contributed by atoms with Crippen LogP contribution in [0.25, 0.3) is 0 Å². The number of halogens is 1. The quantitative estimate of drug-likeness (QED) is 0.842. The van der Waals surface area contributed by atoms with Crippen molar-refractivity contribution in [1.82, 2.24) is 10.2 Å². The van der Waals surface area contributed by atoms with Crippen molar-refractivity contribution in [2.75, 3.05) is 0 Å². The maximum atomic E-state index is 13.8. The zero-order valence-corrected chi connectivity index (χ0v) is 13.7. The number of hydrogen-bond acceptors (Lipinski definition) is 2. The molecular formula is C17H25FN2O2. The lowest BCUT2D eigenvalue weighted by molar-refractivity contribution is -0.140. The number of carbonyl (C=O) groups excluding carboxylic acids is 2. The summed E-state index contributed by atoms with van der Waals surface area (Å²) in [6, 6.07) is 5.67. The van der Waals surface area contributed by atoms with E-state index in [-0.39, 0.29) is 30.2 Å². The van der Waals surface area contributed by atoms with E-state index in [0.717, 1.165) is 0 Å². The van der Waals surface area contributed by atoms with Gasteiger partial charge < -0.3 is 10.2 Å². The molecule has 0 spiro atoms. The number of nitrogens with zero attached hydrogens (tertiary/aromatic N) is 1. The van der Waals surface area contributed by atoms with Crippen LogP contribution in [0.3, 0.4) is 0 Å². The molecule has 0 heterocycles. The molecule has 1 atom stereocenters. The lowest BCUT2D eigenvalue weighted by atomic mass is 10.1. The van der Waals surface area contributed by atoms with Crippen molar-refractivity contribution in [1.29, 1.82) is 0 Å². The van der Waals surface area contributed by atoms with Crippen molar-refractivity contribution in [2.24, 2.45) is 0 Å². The van der Waals surface area contributed by atoms with Gasteiger partial charge in [0.25, 0.3) is 0 Å². The molecule has 0 fully saturated rings. The fourth-order valence-corrected chi connectivity index (χ4v) is 2.16. The Balaban J connectivity index is 2.95. The van der Waals surface area contributed by atoms with E-state index in [9.17, 15) is 14.0 Å². The van der Waals surface area contributed by atoms with Gasteiger partial charge in [0.1, 0.15) is 11.9 Å². The Labute approximate surface area is 131 Å². The number of carbonyl (C=O) groups is 2. The van der Waals surface area contributed by atoms with Crippen LogP contribution in [-0.4, -0.2) is 28.8 Å². The van der Waals surface area contributed by atoms with Gasteiger partial charge in [-0.15, -0.1) is 0 Å². The highest BCUT2D eigenvalue weighted by Crippen LogP contribution is 2.14. The highest BCUT2D eigenvalue weighted by Gasteiger charge is 2.26. The summed E-state index contributed by atoms with van der Waals surface area (Å²) in [7, 11) is 0. The maximum Gasteiger partial charge on any atom is 0.242 e. The van der Waals surface area contributed by atoms with E-state index in [4.69, 9.17) is 0 Å². The molecular weight excluding hydrogens is 283 g/mol. The molecule has 122 valence electrons. The number of hydrogen-bond donors (Lipinski definition) is 1. The molecule has 0 bridgehead atoms. The van der Waals surface area contributed by atoms with Crippen LogP contribution in [0.1, 0.15) is 46.1 Å². The molecule has 0 aliphatic rings. The molecule has 1 rings (SSSR count). The molecule has 2 amide bonds. The summed E-state index contributed by atoms with van der Waals surface area (Å²) in [5.74, 6) is -0.735. The first-order valence-corrected chi connectivity index (χ1v) is 7.70. The SMILES string of the molecule is CCCC(=O)N(Cc1ccccc1F)C(C)C(=O)NC(C)C. The van der Waals surface area contributed by atoms with E-state index < -0.39 is 6.04 Å². The molecule has 1 aromatic rings. The molecule has 4 nitrogen and oxygen atoms in total. The number of rotatable bonds is 7. The zero-order chi connectivity index (χ0) is 16.7. The first-order valence-electron chi connectivity index (χ1n) is 7.70. The Morgan fingerprint density at radius 3 is 2.41 bits per heavy atom. The summed E-state index contributed by atoms with van der Waals surface area (Å²) in [6.07, 6.45) is 1.03. The molecule has 1 unspecified atom stereocenters. The lowest BCUT2D eigenvalue weighted by Crippen LogP contribution is -2.49. The van der Waals surface area contributed by atoms with Crippen LogP contribution in [0, 0.1) is 5.82 Å². The van der Waals surface area contributed by atoms with E-state index in [2.05, 4.69) is 5.32 Å². The van der Waals surface area contributed by atoms with Crippen LogP contribution in [-0.2, 0) is 16.1 Å². The summed E-state index contributed by atoms with van der Waals surface area (Å²) in [5.41, 5.74) is 0.413. The van der Waals surface area contributed by atoms with Gasteiger partial charge in [0.15, 0.2) is 0 Å². The average molecular weight is 308 g/mol. The predicted molar refractivity (Wildman–Crippen MR) is 84.6 cm³/mol. The van der Waals surface area contributed by atoms with Gasteiger partial charge in [-0.05, 0) is 33.3 Å². The molecule has 0 saturated heterocycles. The predicted octanol–water partition coefficient (Wildman–Crippen LogP) is 2.87. The molecule has 0 radical (unpaired) electrons. The Hall–Kier alpha value is -1.91. The minimum absolute atomic E-state index is 0.00783. The van der Waals surface area contributed by atoms with E-state index in [1.54, 1.807) is 25.1 Å². The Bertz CT molecular complexity index is 517. The average Bonchev–Trinajstić information content (AvgIpc) is 2.45. The Kier molecular flexibility index (Phi) is 7.02. The summed E-state index contributed by atoms with van der Waals surface area (Å²) in [4.78, 5) is 25.9. The fourth-order valence-electron chi connectivity index (χ4n) is 2.16. The summed E-state index contributed by atoms with van der Waals surface area (Å²) in [5, 5.41) is 2.79. The van der Waals surface area contributed by atoms with Crippen LogP contribution in [0.2, 0.25) is 0 Å². The van der Waals surface area contributed by atoms with Gasteiger partial charge in [-0.3, -0.25) is 9.59 Å². The Morgan fingerprint density at radius 2 is 1.86 bits per heavy atom. The van der Waals surface area contributed by atoms with E-state index in [1.807, 2.05) is 20.8 Å². The molecule has 0 aromatic heterocycles. The molecule has 0 aliphatic carbocycles. The summed E-state index contributed by atoms with van der Waals surface area (Å²) < 4.78 is 13.8. The number of amides is 2. The first kappa shape index (κ1) is 18.1. The molecule has 0 saturated carbocycles. The third-order valence-corrected chi connectivity index (χ3v) is 3.36. The van der Waals surface area contributed by atoms with Crippen molar-refractivity contribution in [3.63, 3.8) is 0 Å². The number of nitrogens with one attached hydrogen (secondary N) is 1. The van der Waals surface area contributed by atoms with E-state index in [0.29, 0.717) is 18.4 Å². The van der Waals surface area contributed by atoms with Gasteiger partial charge >= 0.3 is 0 Å². The van der Waals surface area contributed by atoms with Gasteiger partial charge in [0.05, 0.1) is 0 Å². The van der Waals surface area contributed by atoms with Gasteiger partial charge in [-0.2, -0.15) is 0 Å². The first-order chi connectivity index (χ1) is 10.4. The van der Waals surface area contributed by atoms with E-state index >= 15 is 0 Å². The van der Waals surface area contributed by atoms with Crippen LogP contribution < -0.4 is 5.32 Å². The molecule has 1 N–H and O–H groups in total. The second-order valence-corrected chi connectivity index (χ2v) is 5.70. The van der Waals surface area contributed by atoms with Crippen molar-refractivity contribution in [3.8, 4) is 0 Å². The second-order valence-electron chi connectivity index (χ2n) is 5.70. The minimum atomic E-state index is -0.638. The summed E-state index contributed by atoms with van der Waals surface area (Å²) >= 11 is 0. The Morgan fingerprint density at radius 1 is 1.23 bits per heavy atom. The van der Waals surface area contributed by atoms with Crippen molar-refractivity contribution < 1.29 is 14.0 Å². The van der Waals surface area contributed by atoms with Gasteiger partial charge in [-0.1, -0.05) is 25.1 Å². The highest BCUT2D eigenvalue weighted by atomic mass is 19.1. The smallest absolute Gasteiger partial charge is 0.242 e. The normalized spacial score (nSPS) is 12.1. The van der Waals surface area contributed by atoms with Gasteiger partial charge in [0, 0.05) is 24.6 Å². The van der Waals surface area contributed by atoms with Crippen LogP contribution in [0.4, 0.5) is 4.39 Å².